The van der Waals surface area contributed by atoms with E-state index in [0.29, 0.717) is 25.7 Å². The first kappa shape index (κ1) is 24.1. The number of primary amides is 1. The Morgan fingerprint density at radius 1 is 0.935 bits per heavy atom. The van der Waals surface area contributed by atoms with Crippen molar-refractivity contribution in [3.63, 3.8) is 0 Å². The first-order valence-corrected chi connectivity index (χ1v) is 9.92. The lowest BCUT2D eigenvalue weighted by atomic mass is 10.1. The maximum atomic E-state index is 13.0. The van der Waals surface area contributed by atoms with Crippen LogP contribution in [0.5, 0.6) is 0 Å². The molecule has 0 saturated carbocycles. The lowest BCUT2D eigenvalue weighted by Crippen LogP contribution is -2.57. The van der Waals surface area contributed by atoms with E-state index in [2.05, 4.69) is 5.32 Å². The Labute approximate surface area is 177 Å². The number of rotatable bonds is 9. The number of likely N-dealkylation sites (tertiary alicyclic amines) is 2. The van der Waals surface area contributed by atoms with Crippen LogP contribution in [-0.4, -0.2) is 92.8 Å². The molecule has 4 atom stereocenters. The second-order valence-corrected chi connectivity index (χ2v) is 7.65. The fraction of sp³-hybridized carbons (Fsp3) is 0.667. The minimum Gasteiger partial charge on any atom is -0.481 e. The van der Waals surface area contributed by atoms with Gasteiger partial charge in [-0.25, -0.2) is 4.79 Å². The number of hydrogen-bond donors (Lipinski definition) is 5. The monoisotopic (exact) mass is 441 g/mol. The predicted octanol–water partition coefficient (Wildman–Crippen LogP) is -2.78. The van der Waals surface area contributed by atoms with Gasteiger partial charge in [0, 0.05) is 13.1 Å². The third-order valence-corrected chi connectivity index (χ3v) is 5.39. The lowest BCUT2D eigenvalue weighted by Gasteiger charge is -2.32. The Bertz CT molecular complexity index is 772. The van der Waals surface area contributed by atoms with E-state index in [1.165, 1.54) is 9.80 Å². The Hall–Kier alpha value is -3.22. The largest absolute Gasteiger partial charge is 0.481 e. The van der Waals surface area contributed by atoms with Crippen molar-refractivity contribution >= 4 is 35.6 Å². The summed E-state index contributed by atoms with van der Waals surface area (Å²) in [6, 6.07) is -4.78. The first-order chi connectivity index (χ1) is 14.5. The second kappa shape index (κ2) is 10.2. The zero-order valence-electron chi connectivity index (χ0n) is 16.9. The van der Waals surface area contributed by atoms with Crippen LogP contribution >= 0.6 is 0 Å². The number of nitrogens with one attached hydrogen (secondary N) is 1. The van der Waals surface area contributed by atoms with E-state index in [1.807, 2.05) is 0 Å². The molecule has 0 spiro atoms. The molecule has 4 amide bonds. The number of nitrogens with two attached hydrogens (primary N) is 2. The Kier molecular flexibility index (Phi) is 7.91. The lowest BCUT2D eigenvalue weighted by molar-refractivity contribution is -0.153. The maximum absolute atomic E-state index is 13.0. The van der Waals surface area contributed by atoms with Crippen molar-refractivity contribution in [1.82, 2.24) is 15.1 Å². The molecular formula is C18H27N5O8. The molecular weight excluding hydrogens is 414 g/mol. The molecule has 31 heavy (non-hydrogen) atoms. The summed E-state index contributed by atoms with van der Waals surface area (Å²) in [6.07, 6.45) is 0.351. The van der Waals surface area contributed by atoms with Gasteiger partial charge in [-0.05, 0) is 25.7 Å². The van der Waals surface area contributed by atoms with Crippen molar-refractivity contribution in [3.05, 3.63) is 0 Å². The van der Waals surface area contributed by atoms with E-state index < -0.39 is 72.6 Å². The molecule has 7 N–H and O–H groups in total. The molecule has 13 heteroatoms. The van der Waals surface area contributed by atoms with E-state index in [0.717, 1.165) is 0 Å². The average Bonchev–Trinajstić information content (AvgIpc) is 3.34. The minimum absolute atomic E-state index is 0.153. The molecule has 2 heterocycles. The van der Waals surface area contributed by atoms with Crippen molar-refractivity contribution in [2.24, 2.45) is 11.5 Å². The van der Waals surface area contributed by atoms with Crippen LogP contribution in [0.2, 0.25) is 0 Å². The Morgan fingerprint density at radius 3 is 2.06 bits per heavy atom. The van der Waals surface area contributed by atoms with Gasteiger partial charge in [-0.2, -0.15) is 0 Å². The molecule has 172 valence electrons. The van der Waals surface area contributed by atoms with Gasteiger partial charge in [0.1, 0.15) is 18.1 Å². The smallest absolute Gasteiger partial charge is 0.326 e. The van der Waals surface area contributed by atoms with Crippen molar-refractivity contribution in [1.29, 1.82) is 0 Å². The van der Waals surface area contributed by atoms with E-state index >= 15 is 0 Å². The Balaban J connectivity index is 2.16. The number of carbonyl (C=O) groups is 6. The van der Waals surface area contributed by atoms with Gasteiger partial charge in [-0.3, -0.25) is 24.0 Å². The SMILES string of the molecule is NC(=O)CC(N)C(=O)NC(CC(=O)O)C(=O)N1CCCC1C(=O)N1CCCC1C(=O)O. The maximum Gasteiger partial charge on any atom is 0.326 e. The molecule has 13 nitrogen and oxygen atoms in total. The summed E-state index contributed by atoms with van der Waals surface area (Å²) in [5.41, 5.74) is 10.5. The third kappa shape index (κ3) is 5.90. The van der Waals surface area contributed by atoms with Crippen LogP contribution in [0.4, 0.5) is 0 Å². The predicted molar refractivity (Wildman–Crippen MR) is 103 cm³/mol. The van der Waals surface area contributed by atoms with Gasteiger partial charge in [0.05, 0.1) is 18.9 Å². The van der Waals surface area contributed by atoms with Gasteiger partial charge in [0.25, 0.3) is 0 Å². The van der Waals surface area contributed by atoms with Crippen LogP contribution in [0.25, 0.3) is 0 Å². The second-order valence-electron chi connectivity index (χ2n) is 7.65. The summed E-state index contributed by atoms with van der Waals surface area (Å²) >= 11 is 0. The van der Waals surface area contributed by atoms with Crippen molar-refractivity contribution < 1.29 is 39.0 Å². The van der Waals surface area contributed by atoms with Gasteiger partial charge in [-0.1, -0.05) is 0 Å². The van der Waals surface area contributed by atoms with Gasteiger partial charge in [-0.15, -0.1) is 0 Å². The molecule has 0 bridgehead atoms. The third-order valence-electron chi connectivity index (χ3n) is 5.39. The highest BCUT2D eigenvalue weighted by atomic mass is 16.4. The zero-order valence-corrected chi connectivity index (χ0v) is 16.9. The minimum atomic E-state index is -1.51. The average molecular weight is 441 g/mol. The normalized spacial score (nSPS) is 22.6. The first-order valence-electron chi connectivity index (χ1n) is 9.92. The molecule has 0 aromatic heterocycles. The van der Waals surface area contributed by atoms with Crippen LogP contribution in [0, 0.1) is 0 Å². The highest BCUT2D eigenvalue weighted by Crippen LogP contribution is 2.25. The van der Waals surface area contributed by atoms with Gasteiger partial charge in [0.2, 0.25) is 23.6 Å². The molecule has 4 unspecified atom stereocenters. The number of carbonyl (C=O) groups excluding carboxylic acids is 4. The highest BCUT2D eigenvalue weighted by molar-refractivity contribution is 5.96. The van der Waals surface area contributed by atoms with Crippen molar-refractivity contribution in [2.45, 2.75) is 62.7 Å². The summed E-state index contributed by atoms with van der Waals surface area (Å²) < 4.78 is 0. The number of nitrogens with zero attached hydrogens (tertiary/aromatic N) is 2. The van der Waals surface area contributed by atoms with Crippen LogP contribution in [0.1, 0.15) is 38.5 Å². The zero-order chi connectivity index (χ0) is 23.3. The van der Waals surface area contributed by atoms with Gasteiger partial charge in [0.15, 0.2) is 0 Å². The van der Waals surface area contributed by atoms with E-state index in [9.17, 15) is 33.9 Å². The molecule has 0 aromatic carbocycles. The number of carboxylic acids is 2. The number of aliphatic carboxylic acids is 2. The van der Waals surface area contributed by atoms with E-state index in [4.69, 9.17) is 16.6 Å². The van der Waals surface area contributed by atoms with E-state index in [-0.39, 0.29) is 13.1 Å². The fourth-order valence-electron chi connectivity index (χ4n) is 3.93. The topological polar surface area (TPSA) is 213 Å². The Morgan fingerprint density at radius 2 is 1.52 bits per heavy atom. The molecule has 2 saturated heterocycles. The molecule has 2 rings (SSSR count). The fourth-order valence-corrected chi connectivity index (χ4v) is 3.93. The summed E-state index contributed by atoms with van der Waals surface area (Å²) in [5, 5.41) is 20.7. The number of carboxylic acid groups (broad SMARTS) is 2. The van der Waals surface area contributed by atoms with Crippen molar-refractivity contribution in [3.8, 4) is 0 Å². The summed E-state index contributed by atoms with van der Waals surface area (Å²) in [4.78, 5) is 74.2. The van der Waals surface area contributed by atoms with Gasteiger partial charge < -0.3 is 36.8 Å². The molecule has 0 aliphatic carbocycles. The van der Waals surface area contributed by atoms with Crippen LogP contribution in [-0.2, 0) is 28.8 Å². The van der Waals surface area contributed by atoms with Crippen LogP contribution in [0.3, 0.4) is 0 Å². The standard InChI is InChI=1S/C18H27N5O8/c19-9(7-13(20)24)15(27)21-10(8-14(25)26)16(28)22-5-1-3-11(22)17(29)23-6-2-4-12(23)18(30)31/h9-12H,1-8,19H2,(H2,20,24)(H,21,27)(H,25,26)(H,30,31). The number of amides is 4. The molecule has 2 aliphatic rings. The molecule has 0 radical (unpaired) electrons. The van der Waals surface area contributed by atoms with E-state index in [1.54, 1.807) is 0 Å². The highest BCUT2D eigenvalue weighted by Gasteiger charge is 2.43. The van der Waals surface area contributed by atoms with Crippen LogP contribution < -0.4 is 16.8 Å². The molecule has 2 aliphatic heterocycles. The summed E-state index contributed by atoms with van der Waals surface area (Å²) in [7, 11) is 0. The summed E-state index contributed by atoms with van der Waals surface area (Å²) in [6.45, 7) is 0.408. The number of hydrogen-bond acceptors (Lipinski definition) is 7. The quantitative estimate of drug-likeness (QED) is 0.250. The molecule has 2 fully saturated rings. The summed E-state index contributed by atoms with van der Waals surface area (Å²) in [5.74, 6) is -5.56. The van der Waals surface area contributed by atoms with Gasteiger partial charge >= 0.3 is 11.9 Å². The van der Waals surface area contributed by atoms with Crippen molar-refractivity contribution in [2.75, 3.05) is 13.1 Å². The molecule has 0 aromatic rings. The van der Waals surface area contributed by atoms with Crippen LogP contribution in [0.15, 0.2) is 0 Å².